The number of hydrogen-bond donors (Lipinski definition) is 1. The smallest absolute Gasteiger partial charge is 0.0716 e. The Bertz CT molecular complexity index is 485. The SMILES string of the molecule is NCc1cccc(COCCCc2ccncc2)c1. The van der Waals surface area contributed by atoms with Crippen LogP contribution in [0.15, 0.2) is 48.8 Å². The van der Waals surface area contributed by atoms with E-state index in [0.717, 1.165) is 25.0 Å². The quantitative estimate of drug-likeness (QED) is 0.775. The Balaban J connectivity index is 1.66. The number of hydrogen-bond acceptors (Lipinski definition) is 3. The van der Waals surface area contributed by atoms with Gasteiger partial charge in [-0.15, -0.1) is 0 Å². The molecule has 2 aromatic rings. The van der Waals surface area contributed by atoms with Crippen LogP contribution >= 0.6 is 0 Å². The molecule has 0 aliphatic heterocycles. The highest BCUT2D eigenvalue weighted by atomic mass is 16.5. The lowest BCUT2D eigenvalue weighted by atomic mass is 10.1. The van der Waals surface area contributed by atoms with E-state index in [-0.39, 0.29) is 0 Å². The maximum Gasteiger partial charge on any atom is 0.0716 e. The molecule has 1 aromatic heterocycles. The van der Waals surface area contributed by atoms with Gasteiger partial charge in [-0.05, 0) is 41.7 Å². The molecule has 2 rings (SSSR count). The van der Waals surface area contributed by atoms with Crippen LogP contribution in [0.4, 0.5) is 0 Å². The first-order valence-electron chi connectivity index (χ1n) is 6.63. The fourth-order valence-electron chi connectivity index (χ4n) is 1.96. The predicted molar refractivity (Wildman–Crippen MR) is 76.5 cm³/mol. The van der Waals surface area contributed by atoms with E-state index in [9.17, 15) is 0 Å². The van der Waals surface area contributed by atoms with Gasteiger partial charge in [0.15, 0.2) is 0 Å². The Hall–Kier alpha value is -1.71. The molecule has 0 aliphatic rings. The summed E-state index contributed by atoms with van der Waals surface area (Å²) < 4.78 is 5.68. The molecule has 0 saturated heterocycles. The minimum atomic E-state index is 0.579. The van der Waals surface area contributed by atoms with Gasteiger partial charge in [0.25, 0.3) is 0 Å². The zero-order valence-electron chi connectivity index (χ0n) is 11.1. The maximum atomic E-state index is 5.68. The van der Waals surface area contributed by atoms with Gasteiger partial charge in [0, 0.05) is 25.5 Å². The number of nitrogens with zero attached hydrogens (tertiary/aromatic N) is 1. The average molecular weight is 256 g/mol. The van der Waals surface area contributed by atoms with Crippen molar-refractivity contribution in [2.75, 3.05) is 6.61 Å². The van der Waals surface area contributed by atoms with E-state index in [1.165, 1.54) is 11.1 Å². The molecule has 100 valence electrons. The van der Waals surface area contributed by atoms with Gasteiger partial charge in [-0.1, -0.05) is 24.3 Å². The summed E-state index contributed by atoms with van der Waals surface area (Å²) in [5.41, 5.74) is 9.26. The molecule has 0 saturated carbocycles. The number of ether oxygens (including phenoxy) is 1. The second-order valence-electron chi connectivity index (χ2n) is 4.54. The number of aryl methyl sites for hydroxylation is 1. The molecular formula is C16H20N2O. The van der Waals surface area contributed by atoms with Gasteiger partial charge in [-0.25, -0.2) is 0 Å². The topological polar surface area (TPSA) is 48.1 Å². The van der Waals surface area contributed by atoms with Crippen molar-refractivity contribution in [3.63, 3.8) is 0 Å². The molecule has 3 nitrogen and oxygen atoms in total. The number of nitrogens with two attached hydrogens (primary N) is 1. The Morgan fingerprint density at radius 2 is 1.79 bits per heavy atom. The second kappa shape index (κ2) is 7.67. The monoisotopic (exact) mass is 256 g/mol. The zero-order valence-corrected chi connectivity index (χ0v) is 11.1. The first kappa shape index (κ1) is 13.7. The molecule has 0 unspecified atom stereocenters. The molecule has 0 spiro atoms. The van der Waals surface area contributed by atoms with Crippen molar-refractivity contribution in [2.24, 2.45) is 5.73 Å². The number of rotatable bonds is 7. The van der Waals surface area contributed by atoms with Crippen LogP contribution in [0, 0.1) is 0 Å². The van der Waals surface area contributed by atoms with Crippen LogP contribution in [0.3, 0.4) is 0 Å². The normalized spacial score (nSPS) is 10.6. The molecule has 2 N–H and O–H groups in total. The summed E-state index contributed by atoms with van der Waals surface area (Å²) in [7, 11) is 0. The van der Waals surface area contributed by atoms with E-state index < -0.39 is 0 Å². The highest BCUT2D eigenvalue weighted by Crippen LogP contribution is 2.07. The third kappa shape index (κ3) is 4.81. The van der Waals surface area contributed by atoms with Gasteiger partial charge in [-0.2, -0.15) is 0 Å². The fourth-order valence-corrected chi connectivity index (χ4v) is 1.96. The van der Waals surface area contributed by atoms with E-state index in [1.807, 2.05) is 36.7 Å². The third-order valence-corrected chi connectivity index (χ3v) is 3.00. The molecule has 0 amide bonds. The lowest BCUT2D eigenvalue weighted by Gasteiger charge is -2.06. The largest absolute Gasteiger partial charge is 0.377 e. The van der Waals surface area contributed by atoms with Gasteiger partial charge >= 0.3 is 0 Å². The van der Waals surface area contributed by atoms with Crippen molar-refractivity contribution < 1.29 is 4.74 Å². The summed E-state index contributed by atoms with van der Waals surface area (Å²) in [4.78, 5) is 4.00. The van der Waals surface area contributed by atoms with Crippen LogP contribution in [0.25, 0.3) is 0 Å². The summed E-state index contributed by atoms with van der Waals surface area (Å²) in [6.07, 6.45) is 5.72. The molecule has 3 heteroatoms. The molecule has 1 heterocycles. The Morgan fingerprint density at radius 1 is 1.00 bits per heavy atom. The van der Waals surface area contributed by atoms with Gasteiger partial charge in [0.2, 0.25) is 0 Å². The molecule has 0 bridgehead atoms. The van der Waals surface area contributed by atoms with Crippen molar-refractivity contribution >= 4 is 0 Å². The van der Waals surface area contributed by atoms with Crippen LogP contribution in [0.1, 0.15) is 23.1 Å². The number of benzene rings is 1. The minimum Gasteiger partial charge on any atom is -0.377 e. The van der Waals surface area contributed by atoms with Crippen LogP contribution in [0.5, 0.6) is 0 Å². The fraction of sp³-hybridized carbons (Fsp3) is 0.312. The lowest BCUT2D eigenvalue weighted by molar-refractivity contribution is 0.118. The van der Waals surface area contributed by atoms with Crippen molar-refractivity contribution in [1.82, 2.24) is 4.98 Å². The number of pyridine rings is 1. The molecule has 0 radical (unpaired) electrons. The second-order valence-corrected chi connectivity index (χ2v) is 4.54. The van der Waals surface area contributed by atoms with Crippen molar-refractivity contribution in [2.45, 2.75) is 26.0 Å². The van der Waals surface area contributed by atoms with Crippen LogP contribution in [-0.4, -0.2) is 11.6 Å². The summed E-state index contributed by atoms with van der Waals surface area (Å²) in [5, 5.41) is 0. The highest BCUT2D eigenvalue weighted by molar-refractivity contribution is 5.22. The van der Waals surface area contributed by atoms with E-state index >= 15 is 0 Å². The first-order chi connectivity index (χ1) is 9.38. The van der Waals surface area contributed by atoms with E-state index in [1.54, 1.807) is 0 Å². The maximum absolute atomic E-state index is 5.68. The molecule has 0 fully saturated rings. The highest BCUT2D eigenvalue weighted by Gasteiger charge is 1.96. The van der Waals surface area contributed by atoms with Crippen molar-refractivity contribution in [3.05, 3.63) is 65.5 Å². The molecule has 19 heavy (non-hydrogen) atoms. The Labute approximate surface area is 114 Å². The van der Waals surface area contributed by atoms with Crippen LogP contribution in [0.2, 0.25) is 0 Å². The molecule has 0 atom stereocenters. The summed E-state index contributed by atoms with van der Waals surface area (Å²) in [6, 6.07) is 12.3. The van der Waals surface area contributed by atoms with Gasteiger partial charge < -0.3 is 10.5 Å². The standard InChI is InChI=1S/C16H20N2O/c17-12-15-3-1-4-16(11-15)13-19-10-2-5-14-6-8-18-9-7-14/h1,3-4,6-9,11H,2,5,10,12-13,17H2. The third-order valence-electron chi connectivity index (χ3n) is 3.00. The summed E-state index contributed by atoms with van der Waals surface area (Å²) >= 11 is 0. The summed E-state index contributed by atoms with van der Waals surface area (Å²) in [6.45, 7) is 2.01. The van der Waals surface area contributed by atoms with Gasteiger partial charge in [0.1, 0.15) is 0 Å². The van der Waals surface area contributed by atoms with Crippen molar-refractivity contribution in [1.29, 1.82) is 0 Å². The van der Waals surface area contributed by atoms with Crippen LogP contribution in [-0.2, 0) is 24.3 Å². The van der Waals surface area contributed by atoms with Crippen LogP contribution < -0.4 is 5.73 Å². The zero-order chi connectivity index (χ0) is 13.3. The molecule has 0 aliphatic carbocycles. The summed E-state index contributed by atoms with van der Waals surface area (Å²) in [5.74, 6) is 0. The van der Waals surface area contributed by atoms with E-state index in [2.05, 4.69) is 17.1 Å². The number of aromatic nitrogens is 1. The van der Waals surface area contributed by atoms with E-state index in [4.69, 9.17) is 10.5 Å². The minimum absolute atomic E-state index is 0.579. The Kier molecular flexibility index (Phi) is 5.53. The predicted octanol–water partition coefficient (Wildman–Crippen LogP) is 2.69. The lowest BCUT2D eigenvalue weighted by Crippen LogP contribution is -2.00. The average Bonchev–Trinajstić information content (AvgIpc) is 2.48. The molecule has 1 aromatic carbocycles. The Morgan fingerprint density at radius 3 is 2.58 bits per heavy atom. The van der Waals surface area contributed by atoms with E-state index in [0.29, 0.717) is 13.2 Å². The van der Waals surface area contributed by atoms with Crippen molar-refractivity contribution in [3.8, 4) is 0 Å². The van der Waals surface area contributed by atoms with Gasteiger partial charge in [-0.3, -0.25) is 4.98 Å². The first-order valence-corrected chi connectivity index (χ1v) is 6.63. The van der Waals surface area contributed by atoms with Gasteiger partial charge in [0.05, 0.1) is 6.61 Å². The molecular weight excluding hydrogens is 236 g/mol.